The molecule has 0 bridgehead atoms. The fourth-order valence-corrected chi connectivity index (χ4v) is 7.60. The fraction of sp³-hybridized carbons (Fsp3) is 0.590. The number of unbranched alkanes of at least 4 members (excludes halogenated alkanes) is 1. The van der Waals surface area contributed by atoms with E-state index in [1.807, 2.05) is 12.1 Å². The first-order valence-corrected chi connectivity index (χ1v) is 20.1. The minimum absolute atomic E-state index is 0.0224. The second-order valence-corrected chi connectivity index (χ2v) is 16.3. The second kappa shape index (κ2) is 20.6. The lowest BCUT2D eigenvalue weighted by Gasteiger charge is -2.37. The van der Waals surface area contributed by atoms with Gasteiger partial charge in [0.05, 0.1) is 4.47 Å². The van der Waals surface area contributed by atoms with Gasteiger partial charge in [-0.1, -0.05) is 11.5 Å². The van der Waals surface area contributed by atoms with E-state index < -0.39 is 35.7 Å². The molecule has 304 valence electrons. The van der Waals surface area contributed by atoms with Crippen LogP contribution in [0.1, 0.15) is 82.8 Å². The zero-order valence-corrected chi connectivity index (χ0v) is 34.7. The average Bonchev–Trinajstić information content (AvgIpc) is 3.17. The molecule has 56 heavy (non-hydrogen) atoms. The third-order valence-electron chi connectivity index (χ3n) is 10.2. The summed E-state index contributed by atoms with van der Waals surface area (Å²) in [5.74, 6) is -0.606. The van der Waals surface area contributed by atoms with E-state index in [-0.39, 0.29) is 35.6 Å². The van der Waals surface area contributed by atoms with E-state index in [9.17, 15) is 29.1 Å². The molecule has 0 aliphatic carbocycles. The highest BCUT2D eigenvalue weighted by Crippen LogP contribution is 2.28. The van der Waals surface area contributed by atoms with Crippen molar-refractivity contribution in [2.45, 2.75) is 102 Å². The highest BCUT2D eigenvalue weighted by molar-refractivity contribution is 9.10. The molecule has 2 aliphatic heterocycles. The number of benzene rings is 1. The summed E-state index contributed by atoms with van der Waals surface area (Å²) >= 11 is 3.31. The maximum atomic E-state index is 14.3. The van der Waals surface area contributed by atoms with Gasteiger partial charge < -0.3 is 45.8 Å². The summed E-state index contributed by atoms with van der Waals surface area (Å²) in [5, 5.41) is 21.5. The lowest BCUT2D eigenvalue weighted by Crippen LogP contribution is -2.58. The summed E-state index contributed by atoms with van der Waals surface area (Å²) in [7, 11) is 9.33. The number of carbonyl (C=O) groups is 5. The van der Waals surface area contributed by atoms with Gasteiger partial charge in [-0.15, -0.1) is 0 Å². The first kappa shape index (κ1) is 44.2. The topological polar surface area (TPSA) is 186 Å². The summed E-state index contributed by atoms with van der Waals surface area (Å²) in [5.41, 5.74) is 1.22. The molecular weight excluding hydrogens is 783 g/mol. The summed E-state index contributed by atoms with van der Waals surface area (Å²) in [6, 6.07) is 4.46. The van der Waals surface area contributed by atoms with E-state index in [0.717, 1.165) is 12.8 Å². The van der Waals surface area contributed by atoms with Crippen molar-refractivity contribution in [2.24, 2.45) is 0 Å². The molecule has 3 heterocycles. The van der Waals surface area contributed by atoms with Crippen LogP contribution in [0.3, 0.4) is 0 Å². The number of aromatic hydroxyl groups is 1. The summed E-state index contributed by atoms with van der Waals surface area (Å²) in [4.78, 5) is 75.6. The van der Waals surface area contributed by atoms with Crippen LogP contribution in [0.2, 0.25) is 0 Å². The highest BCUT2D eigenvalue weighted by Gasteiger charge is 2.34. The number of ether oxygens (including phenoxy) is 1. The van der Waals surface area contributed by atoms with Crippen LogP contribution >= 0.6 is 15.9 Å². The monoisotopic (exact) mass is 838 g/mol. The molecule has 1 aromatic heterocycles. The Morgan fingerprint density at radius 3 is 2.23 bits per heavy atom. The van der Waals surface area contributed by atoms with Crippen LogP contribution in [0.15, 0.2) is 41.1 Å². The van der Waals surface area contributed by atoms with Gasteiger partial charge in [-0.3, -0.25) is 14.6 Å². The number of aromatic nitrogens is 1. The Morgan fingerprint density at radius 2 is 1.62 bits per heavy atom. The third kappa shape index (κ3) is 13.0. The molecule has 2 saturated heterocycles. The Morgan fingerprint density at radius 1 is 0.982 bits per heavy atom. The van der Waals surface area contributed by atoms with Crippen LogP contribution in [0.25, 0.3) is 0 Å². The Hall–Kier alpha value is -4.54. The smallest absolute Gasteiger partial charge is 0.407 e. The predicted molar refractivity (Wildman–Crippen MR) is 217 cm³/mol. The van der Waals surface area contributed by atoms with E-state index >= 15 is 0 Å². The van der Waals surface area contributed by atoms with Crippen molar-refractivity contribution in [3.05, 3.63) is 52.3 Å². The first-order chi connectivity index (χ1) is 26.6. The number of amides is 7. The standard InChI is InChI=1S/C39H56BBrN8O7/c1-39(2,3)56-38(55)44-15-7-6-8-31(35(52)48-18-11-27(12-19-48)26-9-16-43-17-10-26)45-34(51)32(24-25-22-29(40)33(50)30(41)23-25)46-37(54)49-20-13-28(14-21-49)47(5)36(53)42-4/h9-10,16-17,22-23,27-28,31-32,50H,6-8,11-15,18-21,24H2,1-5H3,(H,42,53)(H,44,55)(H,45,51)(H,46,54)/t31?,32-/m1/s1. The number of urea groups is 2. The zero-order chi connectivity index (χ0) is 41.0. The lowest BCUT2D eigenvalue weighted by atomic mass is 9.89. The largest absolute Gasteiger partial charge is 0.507 e. The van der Waals surface area contributed by atoms with Gasteiger partial charge in [-0.2, -0.15) is 0 Å². The summed E-state index contributed by atoms with van der Waals surface area (Å²) in [6.07, 6.45) is 7.04. The molecule has 0 saturated carbocycles. The molecule has 5 N–H and O–H groups in total. The number of hydrogen-bond donors (Lipinski definition) is 5. The molecule has 2 aliphatic rings. The number of alkyl carbamates (subject to hydrolysis) is 1. The van der Waals surface area contributed by atoms with Crippen molar-refractivity contribution in [3.63, 3.8) is 0 Å². The maximum absolute atomic E-state index is 14.3. The van der Waals surface area contributed by atoms with Crippen molar-refractivity contribution >= 4 is 59.2 Å². The van der Waals surface area contributed by atoms with E-state index in [4.69, 9.17) is 12.6 Å². The van der Waals surface area contributed by atoms with Gasteiger partial charge in [0, 0.05) is 71.7 Å². The predicted octanol–water partition coefficient (Wildman–Crippen LogP) is 3.29. The lowest BCUT2D eigenvalue weighted by molar-refractivity contribution is -0.138. The van der Waals surface area contributed by atoms with Gasteiger partial charge in [0.1, 0.15) is 31.3 Å². The number of pyridine rings is 1. The number of hydrogen-bond acceptors (Lipinski definition) is 8. The van der Waals surface area contributed by atoms with Gasteiger partial charge in [-0.05, 0) is 117 Å². The number of carbonyl (C=O) groups excluding carboxylic acids is 5. The fourth-order valence-electron chi connectivity index (χ4n) is 7.08. The number of rotatable bonds is 13. The van der Waals surface area contributed by atoms with Crippen LogP contribution in [0.4, 0.5) is 14.4 Å². The molecule has 2 atom stereocenters. The van der Waals surface area contributed by atoms with E-state index in [2.05, 4.69) is 42.2 Å². The Labute approximate surface area is 339 Å². The molecule has 15 nitrogen and oxygen atoms in total. The van der Waals surface area contributed by atoms with E-state index in [1.54, 1.807) is 74.1 Å². The molecule has 1 unspecified atom stereocenters. The van der Waals surface area contributed by atoms with E-state index in [1.165, 1.54) is 5.56 Å². The number of halogens is 1. The van der Waals surface area contributed by atoms with Crippen molar-refractivity contribution < 1.29 is 33.8 Å². The average molecular weight is 840 g/mol. The second-order valence-electron chi connectivity index (χ2n) is 15.5. The van der Waals surface area contributed by atoms with Crippen LogP contribution < -0.4 is 26.7 Å². The molecule has 2 aromatic rings. The number of phenolic OH excluding ortho intramolecular Hbond substituents is 1. The molecule has 2 radical (unpaired) electrons. The number of nitrogens with one attached hydrogen (secondary N) is 4. The van der Waals surface area contributed by atoms with Gasteiger partial charge in [0.2, 0.25) is 11.8 Å². The van der Waals surface area contributed by atoms with Crippen molar-refractivity contribution in [1.29, 1.82) is 0 Å². The normalized spacial score (nSPS) is 16.3. The number of nitrogens with zero attached hydrogens (tertiary/aromatic N) is 4. The minimum atomic E-state index is -1.11. The number of piperidine rings is 2. The van der Waals surface area contributed by atoms with Gasteiger partial charge >= 0.3 is 18.2 Å². The van der Waals surface area contributed by atoms with Crippen molar-refractivity contribution in [2.75, 3.05) is 46.8 Å². The van der Waals surface area contributed by atoms with Crippen LogP contribution in [0.5, 0.6) is 5.75 Å². The quantitative estimate of drug-likeness (QED) is 0.150. The van der Waals surface area contributed by atoms with Crippen molar-refractivity contribution in [1.82, 2.24) is 41.0 Å². The molecule has 2 fully saturated rings. The maximum Gasteiger partial charge on any atom is 0.407 e. The van der Waals surface area contributed by atoms with E-state index in [0.29, 0.717) is 80.8 Å². The van der Waals surface area contributed by atoms with Crippen LogP contribution in [0, 0.1) is 0 Å². The van der Waals surface area contributed by atoms with Gasteiger partial charge in [0.15, 0.2) is 0 Å². The highest BCUT2D eigenvalue weighted by atomic mass is 79.9. The minimum Gasteiger partial charge on any atom is -0.507 e. The summed E-state index contributed by atoms with van der Waals surface area (Å²) < 4.78 is 5.66. The molecule has 17 heteroatoms. The molecule has 0 spiro atoms. The molecule has 4 rings (SSSR count). The van der Waals surface area contributed by atoms with Crippen LogP contribution in [-0.2, 0) is 20.7 Å². The zero-order valence-electron chi connectivity index (χ0n) is 33.1. The first-order valence-electron chi connectivity index (χ1n) is 19.3. The number of likely N-dealkylation sites (tertiary alicyclic amines) is 2. The molecule has 1 aromatic carbocycles. The Kier molecular flexibility index (Phi) is 16.2. The van der Waals surface area contributed by atoms with Gasteiger partial charge in [0.25, 0.3) is 0 Å². The molecule has 7 amide bonds. The third-order valence-corrected chi connectivity index (χ3v) is 10.8. The Balaban J connectivity index is 1.49. The van der Waals surface area contributed by atoms with Crippen molar-refractivity contribution in [3.8, 4) is 5.75 Å². The van der Waals surface area contributed by atoms with Crippen LogP contribution in [-0.4, -0.2) is 133 Å². The molecular formula is C39H56BBrN8O7. The summed E-state index contributed by atoms with van der Waals surface area (Å²) in [6.45, 7) is 7.46. The van der Waals surface area contributed by atoms with Gasteiger partial charge in [-0.25, -0.2) is 14.4 Å². The SMILES string of the molecule is [B]c1cc(C[C@@H](NC(=O)N2CCC(N(C)C(=O)NC)CC2)C(=O)NC(CCCCNC(=O)OC(C)(C)C)C(=O)N2CCC(c3ccncc3)CC2)cc(Br)c1O. The number of phenols is 1. The Bertz CT molecular complexity index is 1640.